The summed E-state index contributed by atoms with van der Waals surface area (Å²) in [6.07, 6.45) is 0.278. The SMILES string of the molecule is Cc1ccc(N2N=C(C(=O)NNC(=O)c3ccc(Cl)cc3)CCC2=O)cc1Cl. The van der Waals surface area contributed by atoms with E-state index in [1.807, 2.05) is 6.92 Å². The molecule has 1 aliphatic rings. The van der Waals surface area contributed by atoms with Crippen molar-refractivity contribution >= 4 is 52.3 Å². The van der Waals surface area contributed by atoms with Crippen LogP contribution >= 0.6 is 23.2 Å². The van der Waals surface area contributed by atoms with E-state index in [1.54, 1.807) is 30.3 Å². The molecule has 0 spiro atoms. The van der Waals surface area contributed by atoms with Crippen LogP contribution in [0.2, 0.25) is 10.0 Å². The highest BCUT2D eigenvalue weighted by atomic mass is 35.5. The summed E-state index contributed by atoms with van der Waals surface area (Å²) in [7, 11) is 0. The Bertz CT molecular complexity index is 974. The van der Waals surface area contributed by atoms with E-state index < -0.39 is 11.8 Å². The summed E-state index contributed by atoms with van der Waals surface area (Å²) in [5.41, 5.74) is 6.40. The van der Waals surface area contributed by atoms with Crippen LogP contribution in [0.4, 0.5) is 5.69 Å². The fourth-order valence-corrected chi connectivity index (χ4v) is 2.79. The Kier molecular flexibility index (Phi) is 5.96. The van der Waals surface area contributed by atoms with E-state index in [1.165, 1.54) is 12.1 Å². The maximum absolute atomic E-state index is 12.4. The van der Waals surface area contributed by atoms with Crippen LogP contribution in [0.25, 0.3) is 0 Å². The Morgan fingerprint density at radius 3 is 2.36 bits per heavy atom. The number of hydrazine groups is 1. The second-order valence-electron chi connectivity index (χ2n) is 6.10. The first kappa shape index (κ1) is 19.9. The molecule has 2 aromatic rings. The maximum Gasteiger partial charge on any atom is 0.285 e. The largest absolute Gasteiger partial charge is 0.285 e. The minimum absolute atomic E-state index is 0.114. The molecule has 1 heterocycles. The molecule has 0 fully saturated rings. The highest BCUT2D eigenvalue weighted by Gasteiger charge is 2.26. The van der Waals surface area contributed by atoms with Gasteiger partial charge in [0.15, 0.2) is 0 Å². The summed E-state index contributed by atoms with van der Waals surface area (Å²) in [5.74, 6) is -1.35. The number of anilines is 1. The van der Waals surface area contributed by atoms with Gasteiger partial charge in [0.05, 0.1) is 5.69 Å². The van der Waals surface area contributed by atoms with Gasteiger partial charge in [0, 0.05) is 28.5 Å². The molecule has 3 amide bonds. The monoisotopic (exact) mass is 418 g/mol. The van der Waals surface area contributed by atoms with Gasteiger partial charge in [-0.1, -0.05) is 29.3 Å². The molecule has 144 valence electrons. The zero-order valence-electron chi connectivity index (χ0n) is 14.8. The van der Waals surface area contributed by atoms with Crippen LogP contribution in [0, 0.1) is 6.92 Å². The maximum atomic E-state index is 12.4. The summed E-state index contributed by atoms with van der Waals surface area (Å²) in [5, 5.41) is 6.26. The first-order valence-corrected chi connectivity index (χ1v) is 9.13. The summed E-state index contributed by atoms with van der Waals surface area (Å²) >= 11 is 11.9. The number of hydrogen-bond donors (Lipinski definition) is 2. The van der Waals surface area contributed by atoms with Gasteiger partial charge in [0.2, 0.25) is 5.91 Å². The van der Waals surface area contributed by atoms with Gasteiger partial charge in [-0.2, -0.15) is 5.10 Å². The van der Waals surface area contributed by atoms with Gasteiger partial charge in [0.25, 0.3) is 11.8 Å². The Morgan fingerprint density at radius 2 is 1.68 bits per heavy atom. The van der Waals surface area contributed by atoms with Crippen molar-refractivity contribution < 1.29 is 14.4 Å². The van der Waals surface area contributed by atoms with E-state index in [2.05, 4.69) is 16.0 Å². The lowest BCUT2D eigenvalue weighted by molar-refractivity contribution is -0.119. The van der Waals surface area contributed by atoms with Crippen LogP contribution < -0.4 is 15.9 Å². The summed E-state index contributed by atoms with van der Waals surface area (Å²) in [4.78, 5) is 36.6. The van der Waals surface area contributed by atoms with Crippen molar-refractivity contribution in [1.29, 1.82) is 0 Å². The number of rotatable bonds is 3. The quantitative estimate of drug-likeness (QED) is 0.749. The Labute approximate surface area is 171 Å². The molecular weight excluding hydrogens is 403 g/mol. The number of amides is 3. The van der Waals surface area contributed by atoms with Crippen LogP contribution in [0.3, 0.4) is 0 Å². The van der Waals surface area contributed by atoms with Crippen molar-refractivity contribution in [3.8, 4) is 0 Å². The van der Waals surface area contributed by atoms with E-state index in [-0.39, 0.29) is 24.5 Å². The lowest BCUT2D eigenvalue weighted by atomic mass is 10.1. The molecule has 0 aliphatic carbocycles. The lowest BCUT2D eigenvalue weighted by Crippen LogP contribution is -2.47. The smallest absolute Gasteiger partial charge is 0.273 e. The summed E-state index contributed by atoms with van der Waals surface area (Å²) < 4.78 is 0. The van der Waals surface area contributed by atoms with E-state index in [0.717, 1.165) is 10.6 Å². The van der Waals surface area contributed by atoms with Crippen LogP contribution in [0.15, 0.2) is 47.6 Å². The average molecular weight is 419 g/mol. The third-order valence-corrected chi connectivity index (χ3v) is 4.75. The zero-order chi connectivity index (χ0) is 20.3. The minimum atomic E-state index is -0.599. The van der Waals surface area contributed by atoms with Gasteiger partial charge in [-0.05, 0) is 48.9 Å². The first-order chi connectivity index (χ1) is 13.3. The fraction of sp³-hybridized carbons (Fsp3) is 0.158. The number of benzene rings is 2. The number of nitrogens with one attached hydrogen (secondary N) is 2. The van der Waals surface area contributed by atoms with Gasteiger partial charge in [-0.15, -0.1) is 0 Å². The second-order valence-corrected chi connectivity index (χ2v) is 6.94. The molecule has 2 aromatic carbocycles. The highest BCUT2D eigenvalue weighted by Crippen LogP contribution is 2.26. The molecule has 0 radical (unpaired) electrons. The van der Waals surface area contributed by atoms with Gasteiger partial charge in [-0.25, -0.2) is 5.01 Å². The molecule has 9 heteroatoms. The molecule has 28 heavy (non-hydrogen) atoms. The Balaban J connectivity index is 1.70. The molecule has 0 saturated carbocycles. The molecule has 0 bridgehead atoms. The average Bonchev–Trinajstić information content (AvgIpc) is 2.69. The van der Waals surface area contributed by atoms with Crippen LogP contribution in [0.5, 0.6) is 0 Å². The minimum Gasteiger partial charge on any atom is -0.273 e. The van der Waals surface area contributed by atoms with Crippen molar-refractivity contribution in [3.05, 3.63) is 63.6 Å². The number of aryl methyl sites for hydroxylation is 1. The normalized spacial score (nSPS) is 13.8. The van der Waals surface area contributed by atoms with E-state index >= 15 is 0 Å². The standard InChI is InChI=1S/C19H16Cl2N4O3/c1-11-2-7-14(10-15(11)21)25-17(26)9-8-16(24-25)19(28)23-22-18(27)12-3-5-13(20)6-4-12/h2-7,10H,8-9H2,1H3,(H,22,27)(H,23,28). The topological polar surface area (TPSA) is 90.9 Å². The lowest BCUT2D eigenvalue weighted by Gasteiger charge is -2.23. The molecule has 0 atom stereocenters. The summed E-state index contributed by atoms with van der Waals surface area (Å²) in [6, 6.07) is 11.3. The molecular formula is C19H16Cl2N4O3. The first-order valence-electron chi connectivity index (χ1n) is 8.38. The molecule has 1 aliphatic heterocycles. The number of hydrazone groups is 1. The molecule has 3 rings (SSSR count). The molecule has 0 saturated heterocycles. The fourth-order valence-electron chi connectivity index (χ4n) is 2.49. The van der Waals surface area contributed by atoms with Crippen LogP contribution in [-0.2, 0) is 9.59 Å². The zero-order valence-corrected chi connectivity index (χ0v) is 16.3. The van der Waals surface area contributed by atoms with Gasteiger partial charge in [0.1, 0.15) is 5.71 Å². The Hall–Kier alpha value is -2.90. The van der Waals surface area contributed by atoms with E-state index in [9.17, 15) is 14.4 Å². The highest BCUT2D eigenvalue weighted by molar-refractivity contribution is 6.40. The van der Waals surface area contributed by atoms with Gasteiger partial charge < -0.3 is 0 Å². The Morgan fingerprint density at radius 1 is 1.00 bits per heavy atom. The number of nitrogens with zero attached hydrogens (tertiary/aromatic N) is 2. The van der Waals surface area contributed by atoms with Gasteiger partial charge in [-0.3, -0.25) is 25.2 Å². The number of carbonyl (C=O) groups is 3. The molecule has 0 aromatic heterocycles. The number of hydrogen-bond acceptors (Lipinski definition) is 4. The third-order valence-electron chi connectivity index (χ3n) is 4.09. The molecule has 0 unspecified atom stereocenters. The van der Waals surface area contributed by atoms with Crippen molar-refractivity contribution in [2.75, 3.05) is 5.01 Å². The van der Waals surface area contributed by atoms with Crippen molar-refractivity contribution in [2.24, 2.45) is 5.10 Å². The third kappa shape index (κ3) is 4.49. The van der Waals surface area contributed by atoms with Crippen molar-refractivity contribution in [2.45, 2.75) is 19.8 Å². The van der Waals surface area contributed by atoms with Crippen molar-refractivity contribution in [1.82, 2.24) is 10.9 Å². The van der Waals surface area contributed by atoms with Crippen molar-refractivity contribution in [3.63, 3.8) is 0 Å². The van der Waals surface area contributed by atoms with Crippen LogP contribution in [-0.4, -0.2) is 23.4 Å². The van der Waals surface area contributed by atoms with E-state index in [0.29, 0.717) is 21.3 Å². The summed E-state index contributed by atoms with van der Waals surface area (Å²) in [6.45, 7) is 1.84. The number of halogens is 2. The predicted octanol–water partition coefficient (Wildman–Crippen LogP) is 3.25. The predicted molar refractivity (Wildman–Crippen MR) is 107 cm³/mol. The molecule has 2 N–H and O–H groups in total. The molecule has 7 nitrogen and oxygen atoms in total. The second kappa shape index (κ2) is 8.41. The van der Waals surface area contributed by atoms with Crippen LogP contribution in [0.1, 0.15) is 28.8 Å². The number of carbonyl (C=O) groups excluding carboxylic acids is 3. The van der Waals surface area contributed by atoms with Gasteiger partial charge >= 0.3 is 0 Å². The van der Waals surface area contributed by atoms with E-state index in [4.69, 9.17) is 23.2 Å².